The molecule has 0 amide bonds. The van der Waals surface area contributed by atoms with Crippen LogP contribution < -0.4 is 0 Å². The van der Waals surface area contributed by atoms with Gasteiger partial charge in [-0.3, -0.25) is 10.1 Å². The lowest BCUT2D eigenvalue weighted by atomic mass is 10.2. The first-order valence-corrected chi connectivity index (χ1v) is 7.54. The highest BCUT2D eigenvalue weighted by molar-refractivity contribution is 7.19. The third kappa shape index (κ3) is 2.30. The zero-order valence-corrected chi connectivity index (χ0v) is 12.6. The fraction of sp³-hybridized carbons (Fsp3) is 0. The minimum Gasteiger partial charge on any atom is -0.333 e. The third-order valence-electron chi connectivity index (χ3n) is 3.05. The predicted octanol–water partition coefficient (Wildman–Crippen LogP) is 3.90. The summed E-state index contributed by atoms with van der Waals surface area (Å²) in [5, 5.41) is 11.0. The zero-order valence-electron chi connectivity index (χ0n) is 11.0. The maximum atomic E-state index is 5.99. The molecule has 22 heavy (non-hydrogen) atoms. The molecule has 4 aromatic heterocycles. The summed E-state index contributed by atoms with van der Waals surface area (Å²) in [6.07, 6.45) is 5.03. The molecule has 0 radical (unpaired) electrons. The molecule has 4 heterocycles. The van der Waals surface area contributed by atoms with Crippen molar-refractivity contribution in [1.29, 1.82) is 0 Å². The Morgan fingerprint density at radius 3 is 2.77 bits per heavy atom. The number of H-pyrrole nitrogens is 1. The molecule has 1 N–H and O–H groups in total. The van der Waals surface area contributed by atoms with Crippen LogP contribution in [0.2, 0.25) is 4.34 Å². The number of thiophene rings is 1. The average Bonchev–Trinajstić information content (AvgIpc) is 3.27. The zero-order chi connectivity index (χ0) is 14.9. The normalized spacial score (nSPS) is 11.0. The summed E-state index contributed by atoms with van der Waals surface area (Å²) in [5.41, 5.74) is 2.39. The Balaban J connectivity index is 1.75. The van der Waals surface area contributed by atoms with Crippen LogP contribution in [0.3, 0.4) is 0 Å². The number of rotatable bonds is 3. The fourth-order valence-corrected chi connectivity index (χ4v) is 3.09. The molecule has 0 atom stereocenters. The lowest BCUT2D eigenvalue weighted by molar-refractivity contribution is 0.432. The molecule has 108 valence electrons. The topological polar surface area (TPSA) is 80.5 Å². The van der Waals surface area contributed by atoms with Crippen LogP contribution in [-0.2, 0) is 0 Å². The minimum absolute atomic E-state index is 0.403. The SMILES string of the molecule is Clc1ccc(-c2[nH]ncc2-c2nc(-c3ccncc3)no2)s1. The van der Waals surface area contributed by atoms with Crippen LogP contribution in [0.25, 0.3) is 33.4 Å². The Labute approximate surface area is 133 Å². The van der Waals surface area contributed by atoms with E-state index in [1.54, 1.807) is 18.6 Å². The Morgan fingerprint density at radius 2 is 2.00 bits per heavy atom. The van der Waals surface area contributed by atoms with Crippen molar-refractivity contribution < 1.29 is 4.52 Å². The van der Waals surface area contributed by atoms with Crippen LogP contribution >= 0.6 is 22.9 Å². The van der Waals surface area contributed by atoms with E-state index in [1.807, 2.05) is 24.3 Å². The first kappa shape index (κ1) is 13.2. The summed E-state index contributed by atoms with van der Waals surface area (Å²) < 4.78 is 6.07. The molecule has 6 nitrogen and oxygen atoms in total. The molecule has 0 bridgehead atoms. The number of aromatic amines is 1. The Morgan fingerprint density at radius 1 is 1.14 bits per heavy atom. The molecule has 0 aliphatic heterocycles. The lowest BCUT2D eigenvalue weighted by Crippen LogP contribution is -1.82. The first-order valence-electron chi connectivity index (χ1n) is 6.35. The molecule has 4 rings (SSSR count). The van der Waals surface area contributed by atoms with E-state index in [1.165, 1.54) is 11.3 Å². The molecule has 8 heteroatoms. The van der Waals surface area contributed by atoms with Crippen LogP contribution in [0.15, 0.2) is 47.4 Å². The molecule has 0 aromatic carbocycles. The number of hydrogen-bond donors (Lipinski definition) is 1. The monoisotopic (exact) mass is 329 g/mol. The molecule has 4 aromatic rings. The lowest BCUT2D eigenvalue weighted by Gasteiger charge is -1.94. The van der Waals surface area contributed by atoms with Gasteiger partial charge in [0.1, 0.15) is 0 Å². The van der Waals surface area contributed by atoms with Crippen molar-refractivity contribution in [3.05, 3.63) is 47.2 Å². The van der Waals surface area contributed by atoms with Crippen molar-refractivity contribution in [2.24, 2.45) is 0 Å². The van der Waals surface area contributed by atoms with Crippen molar-refractivity contribution >= 4 is 22.9 Å². The van der Waals surface area contributed by atoms with Gasteiger partial charge in [-0.1, -0.05) is 16.8 Å². The van der Waals surface area contributed by atoms with E-state index in [0.29, 0.717) is 16.1 Å². The standard InChI is InChI=1S/C14H8ClN5OS/c15-11-2-1-10(22-11)12-9(7-17-19-12)14-18-13(20-21-14)8-3-5-16-6-4-8/h1-7H,(H,17,19). The molecule has 0 saturated carbocycles. The van der Waals surface area contributed by atoms with Crippen LogP contribution in [0, 0.1) is 0 Å². The van der Waals surface area contributed by atoms with Gasteiger partial charge in [0.05, 0.1) is 26.7 Å². The Kier molecular flexibility index (Phi) is 3.21. The third-order valence-corrected chi connectivity index (χ3v) is 4.30. The maximum absolute atomic E-state index is 5.99. The van der Waals surface area contributed by atoms with Crippen LogP contribution in [0.1, 0.15) is 0 Å². The fourth-order valence-electron chi connectivity index (χ4n) is 2.04. The first-order chi connectivity index (χ1) is 10.8. The van der Waals surface area contributed by atoms with Gasteiger partial charge < -0.3 is 4.52 Å². The highest BCUT2D eigenvalue weighted by atomic mass is 35.5. The molecule has 0 spiro atoms. The van der Waals surface area contributed by atoms with E-state index in [4.69, 9.17) is 16.1 Å². The van der Waals surface area contributed by atoms with Crippen LogP contribution in [0.4, 0.5) is 0 Å². The Hall–Kier alpha value is -2.51. The average molecular weight is 330 g/mol. The van der Waals surface area contributed by atoms with Gasteiger partial charge in [0.2, 0.25) is 5.82 Å². The molecule has 0 unspecified atom stereocenters. The van der Waals surface area contributed by atoms with E-state index in [2.05, 4.69) is 25.3 Å². The summed E-state index contributed by atoms with van der Waals surface area (Å²) >= 11 is 7.44. The molecule has 0 fully saturated rings. The van der Waals surface area contributed by atoms with Crippen molar-refractivity contribution in [2.45, 2.75) is 0 Å². The van der Waals surface area contributed by atoms with Crippen molar-refractivity contribution in [3.8, 4) is 33.4 Å². The number of hydrogen-bond acceptors (Lipinski definition) is 6. The van der Waals surface area contributed by atoms with Crippen LogP contribution in [0.5, 0.6) is 0 Å². The summed E-state index contributed by atoms with van der Waals surface area (Å²) in [6.45, 7) is 0. The van der Waals surface area contributed by atoms with E-state index < -0.39 is 0 Å². The molecular weight excluding hydrogens is 322 g/mol. The molecule has 0 aliphatic rings. The minimum atomic E-state index is 0.403. The van der Waals surface area contributed by atoms with Gasteiger partial charge in [-0.2, -0.15) is 10.1 Å². The summed E-state index contributed by atoms with van der Waals surface area (Å²) in [7, 11) is 0. The molecular formula is C14H8ClN5OS. The van der Waals surface area contributed by atoms with Gasteiger partial charge in [0, 0.05) is 18.0 Å². The highest BCUT2D eigenvalue weighted by Crippen LogP contribution is 2.35. The van der Waals surface area contributed by atoms with Gasteiger partial charge in [0.25, 0.3) is 5.89 Å². The van der Waals surface area contributed by atoms with Gasteiger partial charge in [0.15, 0.2) is 0 Å². The van der Waals surface area contributed by atoms with E-state index in [9.17, 15) is 0 Å². The second-order valence-electron chi connectivity index (χ2n) is 4.42. The second kappa shape index (κ2) is 5.36. The van der Waals surface area contributed by atoms with Gasteiger partial charge in [-0.15, -0.1) is 11.3 Å². The van der Waals surface area contributed by atoms with Gasteiger partial charge >= 0.3 is 0 Å². The van der Waals surface area contributed by atoms with Crippen LogP contribution in [-0.4, -0.2) is 25.3 Å². The Bertz CT molecular complexity index is 914. The summed E-state index contributed by atoms with van der Waals surface area (Å²) in [4.78, 5) is 9.35. The number of nitrogens with zero attached hydrogens (tertiary/aromatic N) is 4. The summed E-state index contributed by atoms with van der Waals surface area (Å²) in [5.74, 6) is 0.911. The quantitative estimate of drug-likeness (QED) is 0.616. The number of aromatic nitrogens is 5. The van der Waals surface area contributed by atoms with Crippen molar-refractivity contribution in [2.75, 3.05) is 0 Å². The molecule has 0 saturated heterocycles. The van der Waals surface area contributed by atoms with E-state index >= 15 is 0 Å². The largest absolute Gasteiger partial charge is 0.333 e. The maximum Gasteiger partial charge on any atom is 0.262 e. The van der Waals surface area contributed by atoms with Gasteiger partial charge in [-0.05, 0) is 24.3 Å². The predicted molar refractivity (Wildman–Crippen MR) is 83.4 cm³/mol. The van der Waals surface area contributed by atoms with Gasteiger partial charge in [-0.25, -0.2) is 0 Å². The molecule has 0 aliphatic carbocycles. The smallest absolute Gasteiger partial charge is 0.262 e. The van der Waals surface area contributed by atoms with Crippen molar-refractivity contribution in [1.82, 2.24) is 25.3 Å². The summed E-state index contributed by atoms with van der Waals surface area (Å²) in [6, 6.07) is 7.40. The highest BCUT2D eigenvalue weighted by Gasteiger charge is 2.18. The van der Waals surface area contributed by atoms with E-state index in [0.717, 1.165) is 21.7 Å². The van der Waals surface area contributed by atoms with E-state index in [-0.39, 0.29) is 0 Å². The number of halogens is 1. The number of nitrogens with one attached hydrogen (secondary N) is 1. The second-order valence-corrected chi connectivity index (χ2v) is 6.14. The van der Waals surface area contributed by atoms with Crippen molar-refractivity contribution in [3.63, 3.8) is 0 Å². The number of pyridine rings is 1.